The second-order valence-electron chi connectivity index (χ2n) is 3.50. The SMILES string of the molecule is CC(C)n1cc(CNOCC(N)=O)cn1. The van der Waals surface area contributed by atoms with Gasteiger partial charge in [0.2, 0.25) is 5.91 Å². The van der Waals surface area contributed by atoms with Gasteiger partial charge < -0.3 is 5.73 Å². The molecule has 1 rings (SSSR count). The minimum atomic E-state index is -0.500. The summed E-state index contributed by atoms with van der Waals surface area (Å²) in [6, 6.07) is 0.338. The third kappa shape index (κ3) is 4.09. The predicted molar refractivity (Wildman–Crippen MR) is 54.6 cm³/mol. The fraction of sp³-hybridized carbons (Fsp3) is 0.556. The molecule has 3 N–H and O–H groups in total. The van der Waals surface area contributed by atoms with Gasteiger partial charge in [-0.25, -0.2) is 0 Å². The molecule has 0 saturated carbocycles. The van der Waals surface area contributed by atoms with E-state index < -0.39 is 5.91 Å². The van der Waals surface area contributed by atoms with Crippen LogP contribution in [0.4, 0.5) is 0 Å². The number of aromatic nitrogens is 2. The van der Waals surface area contributed by atoms with Crippen molar-refractivity contribution in [1.29, 1.82) is 0 Å². The maximum atomic E-state index is 10.3. The lowest BCUT2D eigenvalue weighted by atomic mass is 10.3. The third-order valence-electron chi connectivity index (χ3n) is 1.78. The average Bonchev–Trinajstić information content (AvgIpc) is 2.60. The summed E-state index contributed by atoms with van der Waals surface area (Å²) in [5.41, 5.74) is 8.52. The van der Waals surface area contributed by atoms with Crippen molar-refractivity contribution in [2.75, 3.05) is 6.61 Å². The Morgan fingerprint density at radius 1 is 1.73 bits per heavy atom. The normalized spacial score (nSPS) is 10.9. The van der Waals surface area contributed by atoms with Gasteiger partial charge >= 0.3 is 0 Å². The van der Waals surface area contributed by atoms with Gasteiger partial charge in [0.15, 0.2) is 0 Å². The first kappa shape index (κ1) is 11.7. The van der Waals surface area contributed by atoms with Crippen LogP contribution in [0.1, 0.15) is 25.5 Å². The van der Waals surface area contributed by atoms with E-state index in [1.807, 2.05) is 24.7 Å². The van der Waals surface area contributed by atoms with Crippen molar-refractivity contribution in [2.45, 2.75) is 26.4 Å². The first-order chi connectivity index (χ1) is 7.09. The molecule has 0 aliphatic rings. The zero-order chi connectivity index (χ0) is 11.3. The summed E-state index contributed by atoms with van der Waals surface area (Å²) in [4.78, 5) is 15.2. The van der Waals surface area contributed by atoms with Crippen LogP contribution < -0.4 is 11.2 Å². The number of hydrogen-bond donors (Lipinski definition) is 2. The molecule has 0 atom stereocenters. The number of hydrogen-bond acceptors (Lipinski definition) is 4. The highest BCUT2D eigenvalue weighted by Crippen LogP contribution is 2.04. The van der Waals surface area contributed by atoms with Gasteiger partial charge in [0.1, 0.15) is 6.61 Å². The fourth-order valence-corrected chi connectivity index (χ4v) is 1.01. The average molecular weight is 212 g/mol. The second kappa shape index (κ2) is 5.47. The van der Waals surface area contributed by atoms with Crippen LogP contribution >= 0.6 is 0 Å². The van der Waals surface area contributed by atoms with E-state index in [4.69, 9.17) is 10.6 Å². The molecule has 0 fully saturated rings. The van der Waals surface area contributed by atoms with Gasteiger partial charge in [-0.1, -0.05) is 0 Å². The van der Waals surface area contributed by atoms with Crippen LogP contribution in [0.2, 0.25) is 0 Å². The molecule has 0 spiro atoms. The second-order valence-corrected chi connectivity index (χ2v) is 3.50. The van der Waals surface area contributed by atoms with Crippen molar-refractivity contribution in [3.05, 3.63) is 18.0 Å². The Morgan fingerprint density at radius 2 is 2.47 bits per heavy atom. The molecule has 0 aromatic carbocycles. The van der Waals surface area contributed by atoms with E-state index in [1.165, 1.54) is 0 Å². The van der Waals surface area contributed by atoms with E-state index in [1.54, 1.807) is 6.20 Å². The number of carbonyl (C=O) groups excluding carboxylic acids is 1. The molecular weight excluding hydrogens is 196 g/mol. The molecular formula is C9H16N4O2. The lowest BCUT2D eigenvalue weighted by Gasteiger charge is -2.03. The number of amides is 1. The van der Waals surface area contributed by atoms with Crippen molar-refractivity contribution in [1.82, 2.24) is 15.3 Å². The molecule has 0 saturated heterocycles. The Hall–Kier alpha value is -1.40. The first-order valence-corrected chi connectivity index (χ1v) is 4.75. The monoisotopic (exact) mass is 212 g/mol. The van der Waals surface area contributed by atoms with Gasteiger partial charge in [0, 0.05) is 24.3 Å². The summed E-state index contributed by atoms with van der Waals surface area (Å²) < 4.78 is 1.85. The molecule has 84 valence electrons. The van der Waals surface area contributed by atoms with Crippen LogP contribution in [-0.4, -0.2) is 22.3 Å². The molecule has 0 bridgehead atoms. The summed E-state index contributed by atoms with van der Waals surface area (Å²) in [5.74, 6) is -0.500. The lowest BCUT2D eigenvalue weighted by Crippen LogP contribution is -2.24. The summed E-state index contributed by atoms with van der Waals surface area (Å²) in [6.45, 7) is 4.47. The van der Waals surface area contributed by atoms with E-state index in [0.717, 1.165) is 5.56 Å². The number of primary amides is 1. The quantitative estimate of drug-likeness (QED) is 0.512. The fourth-order valence-electron chi connectivity index (χ4n) is 1.01. The van der Waals surface area contributed by atoms with Crippen LogP contribution in [0, 0.1) is 0 Å². The van der Waals surface area contributed by atoms with Gasteiger partial charge in [0.05, 0.1) is 6.20 Å². The van der Waals surface area contributed by atoms with Gasteiger partial charge in [-0.15, -0.1) is 0 Å². The van der Waals surface area contributed by atoms with Gasteiger partial charge in [-0.05, 0) is 13.8 Å². The summed E-state index contributed by atoms with van der Waals surface area (Å²) in [5, 5.41) is 4.16. The zero-order valence-corrected chi connectivity index (χ0v) is 8.93. The van der Waals surface area contributed by atoms with Crippen LogP contribution in [0.5, 0.6) is 0 Å². The van der Waals surface area contributed by atoms with Gasteiger partial charge in [-0.3, -0.25) is 14.3 Å². The number of nitrogens with zero attached hydrogens (tertiary/aromatic N) is 2. The van der Waals surface area contributed by atoms with Crippen LogP contribution in [0.3, 0.4) is 0 Å². The van der Waals surface area contributed by atoms with E-state index in [9.17, 15) is 4.79 Å². The molecule has 0 aliphatic carbocycles. The minimum absolute atomic E-state index is 0.127. The van der Waals surface area contributed by atoms with Crippen molar-refractivity contribution < 1.29 is 9.63 Å². The Kier molecular flexibility index (Phi) is 4.26. The molecule has 0 radical (unpaired) electrons. The number of carbonyl (C=O) groups is 1. The maximum Gasteiger partial charge on any atom is 0.245 e. The van der Waals surface area contributed by atoms with E-state index >= 15 is 0 Å². The van der Waals surface area contributed by atoms with Gasteiger partial charge in [0.25, 0.3) is 0 Å². The molecule has 6 nitrogen and oxygen atoms in total. The molecule has 1 heterocycles. The molecule has 0 aliphatic heterocycles. The molecule has 1 aromatic heterocycles. The van der Waals surface area contributed by atoms with Crippen LogP contribution in [-0.2, 0) is 16.2 Å². The topological polar surface area (TPSA) is 82.2 Å². The molecule has 6 heteroatoms. The molecule has 1 aromatic rings. The number of rotatable bonds is 6. The molecule has 0 unspecified atom stereocenters. The highest BCUT2D eigenvalue weighted by molar-refractivity contribution is 5.74. The highest BCUT2D eigenvalue weighted by atomic mass is 16.6. The van der Waals surface area contributed by atoms with Crippen LogP contribution in [0.15, 0.2) is 12.4 Å². The smallest absolute Gasteiger partial charge is 0.245 e. The number of nitrogens with two attached hydrogens (primary N) is 1. The van der Waals surface area contributed by atoms with E-state index in [2.05, 4.69) is 10.6 Å². The van der Waals surface area contributed by atoms with Crippen molar-refractivity contribution in [2.24, 2.45) is 5.73 Å². The third-order valence-corrected chi connectivity index (χ3v) is 1.78. The van der Waals surface area contributed by atoms with Crippen molar-refractivity contribution in [3.63, 3.8) is 0 Å². The highest BCUT2D eigenvalue weighted by Gasteiger charge is 2.01. The van der Waals surface area contributed by atoms with Crippen LogP contribution in [0.25, 0.3) is 0 Å². The van der Waals surface area contributed by atoms with E-state index in [-0.39, 0.29) is 6.61 Å². The minimum Gasteiger partial charge on any atom is -0.368 e. The van der Waals surface area contributed by atoms with Crippen molar-refractivity contribution >= 4 is 5.91 Å². The molecule has 1 amide bonds. The predicted octanol–water partition coefficient (Wildman–Crippen LogP) is -0.0295. The zero-order valence-electron chi connectivity index (χ0n) is 8.93. The Morgan fingerprint density at radius 3 is 3.00 bits per heavy atom. The standard InChI is InChI=1S/C9H16N4O2/c1-7(2)13-5-8(3-11-13)4-12-15-6-9(10)14/h3,5,7,12H,4,6H2,1-2H3,(H2,10,14). The Labute approximate surface area is 88.3 Å². The Balaban J connectivity index is 2.28. The van der Waals surface area contributed by atoms with Gasteiger partial charge in [-0.2, -0.15) is 10.6 Å². The summed E-state index contributed by atoms with van der Waals surface area (Å²) >= 11 is 0. The maximum absolute atomic E-state index is 10.3. The number of hydroxylamine groups is 1. The summed E-state index contributed by atoms with van der Waals surface area (Å²) in [7, 11) is 0. The lowest BCUT2D eigenvalue weighted by molar-refractivity contribution is -0.125. The largest absolute Gasteiger partial charge is 0.368 e. The molecule has 15 heavy (non-hydrogen) atoms. The number of nitrogens with one attached hydrogen (secondary N) is 1. The van der Waals surface area contributed by atoms with Crippen molar-refractivity contribution in [3.8, 4) is 0 Å². The Bertz CT molecular complexity index is 322. The van der Waals surface area contributed by atoms with E-state index in [0.29, 0.717) is 12.6 Å². The first-order valence-electron chi connectivity index (χ1n) is 4.75. The summed E-state index contributed by atoms with van der Waals surface area (Å²) in [6.07, 6.45) is 3.67.